The van der Waals surface area contributed by atoms with Crippen LogP contribution in [0.2, 0.25) is 0 Å². The molecule has 2 atom stereocenters. The van der Waals surface area contributed by atoms with Crippen LogP contribution in [0.15, 0.2) is 42.7 Å². The lowest BCUT2D eigenvalue weighted by molar-refractivity contribution is 0.996. The lowest BCUT2D eigenvalue weighted by atomic mass is 10.1. The van der Waals surface area contributed by atoms with Gasteiger partial charge < -0.3 is 5.32 Å². The molecule has 1 saturated carbocycles. The summed E-state index contributed by atoms with van der Waals surface area (Å²) in [4.78, 5) is 8.53. The number of hydrogen-bond acceptors (Lipinski definition) is 3. The van der Waals surface area contributed by atoms with Crippen molar-refractivity contribution in [3.8, 4) is 0 Å². The van der Waals surface area contributed by atoms with Crippen LogP contribution in [-0.4, -0.2) is 16.0 Å². The zero-order valence-electron chi connectivity index (χ0n) is 9.80. The minimum atomic E-state index is 0.486. The summed E-state index contributed by atoms with van der Waals surface area (Å²) >= 11 is 0. The summed E-state index contributed by atoms with van der Waals surface area (Å²) in [7, 11) is 0. The van der Waals surface area contributed by atoms with E-state index in [9.17, 15) is 0 Å². The van der Waals surface area contributed by atoms with E-state index in [4.69, 9.17) is 0 Å². The van der Waals surface area contributed by atoms with Gasteiger partial charge in [-0.15, -0.1) is 0 Å². The fourth-order valence-corrected chi connectivity index (χ4v) is 2.06. The van der Waals surface area contributed by atoms with Gasteiger partial charge in [-0.2, -0.15) is 0 Å². The van der Waals surface area contributed by atoms with Gasteiger partial charge in [-0.3, -0.25) is 0 Å². The van der Waals surface area contributed by atoms with Gasteiger partial charge in [0, 0.05) is 24.4 Å². The average Bonchev–Trinajstić information content (AvgIpc) is 3.13. The highest BCUT2D eigenvalue weighted by Crippen LogP contribution is 2.42. The van der Waals surface area contributed by atoms with Crippen molar-refractivity contribution >= 4 is 5.95 Å². The molecule has 0 aliphatic heterocycles. The molecule has 86 valence electrons. The zero-order chi connectivity index (χ0) is 11.7. The first-order valence-electron chi connectivity index (χ1n) is 5.93. The number of aryl methyl sites for hydroxylation is 1. The van der Waals surface area contributed by atoms with Gasteiger partial charge in [0.15, 0.2) is 0 Å². The summed E-state index contributed by atoms with van der Waals surface area (Å²) in [6.07, 6.45) is 4.85. The number of nitrogens with zero attached hydrogens (tertiary/aromatic N) is 2. The molecule has 17 heavy (non-hydrogen) atoms. The molecule has 1 aromatic heterocycles. The highest BCUT2D eigenvalue weighted by molar-refractivity contribution is 5.36. The van der Waals surface area contributed by atoms with E-state index in [1.54, 1.807) is 0 Å². The maximum Gasteiger partial charge on any atom is 0.222 e. The Morgan fingerprint density at radius 2 is 1.82 bits per heavy atom. The van der Waals surface area contributed by atoms with E-state index >= 15 is 0 Å². The van der Waals surface area contributed by atoms with Crippen LogP contribution in [0.3, 0.4) is 0 Å². The third-order valence-corrected chi connectivity index (χ3v) is 3.11. The lowest BCUT2D eigenvalue weighted by Gasteiger charge is -2.04. The Balaban J connectivity index is 1.64. The molecule has 2 unspecified atom stereocenters. The monoisotopic (exact) mass is 225 g/mol. The standard InChI is InChI=1S/C14H15N3/c1-10-8-15-14(16-9-10)17-13-7-12(13)11-5-3-2-4-6-11/h2-6,8-9,12-13H,7H2,1H3,(H,15,16,17). The molecule has 0 bridgehead atoms. The number of nitrogens with one attached hydrogen (secondary N) is 1. The molecule has 3 rings (SSSR count). The number of anilines is 1. The lowest BCUT2D eigenvalue weighted by Crippen LogP contribution is -2.07. The molecule has 1 aromatic carbocycles. The molecule has 1 N–H and O–H groups in total. The van der Waals surface area contributed by atoms with Crippen LogP contribution in [0.25, 0.3) is 0 Å². The zero-order valence-corrected chi connectivity index (χ0v) is 9.80. The van der Waals surface area contributed by atoms with Gasteiger partial charge in [-0.05, 0) is 24.5 Å². The van der Waals surface area contributed by atoms with Crippen molar-refractivity contribution in [3.63, 3.8) is 0 Å². The highest BCUT2D eigenvalue weighted by atomic mass is 15.1. The Hall–Kier alpha value is -1.90. The highest BCUT2D eigenvalue weighted by Gasteiger charge is 2.38. The summed E-state index contributed by atoms with van der Waals surface area (Å²) in [5.74, 6) is 1.35. The number of benzene rings is 1. The van der Waals surface area contributed by atoms with Gasteiger partial charge >= 0.3 is 0 Å². The van der Waals surface area contributed by atoms with Crippen molar-refractivity contribution < 1.29 is 0 Å². The van der Waals surface area contributed by atoms with Crippen LogP contribution >= 0.6 is 0 Å². The van der Waals surface area contributed by atoms with E-state index in [1.807, 2.05) is 19.3 Å². The number of aromatic nitrogens is 2. The Kier molecular flexibility index (Phi) is 2.52. The van der Waals surface area contributed by atoms with Crippen LogP contribution < -0.4 is 5.32 Å². The molecule has 1 heterocycles. The quantitative estimate of drug-likeness (QED) is 0.872. The number of rotatable bonds is 3. The predicted molar refractivity (Wildman–Crippen MR) is 68.0 cm³/mol. The van der Waals surface area contributed by atoms with Gasteiger partial charge in [-0.25, -0.2) is 9.97 Å². The second-order valence-corrected chi connectivity index (χ2v) is 4.59. The fourth-order valence-electron chi connectivity index (χ4n) is 2.06. The van der Waals surface area contributed by atoms with Gasteiger partial charge in [0.2, 0.25) is 5.95 Å². The molecule has 3 nitrogen and oxygen atoms in total. The van der Waals surface area contributed by atoms with Gasteiger partial charge in [0.1, 0.15) is 0 Å². The summed E-state index contributed by atoms with van der Waals surface area (Å²) in [5, 5.41) is 3.37. The molecule has 0 spiro atoms. The normalized spacial score (nSPS) is 22.2. The van der Waals surface area contributed by atoms with E-state index < -0.39 is 0 Å². The summed E-state index contributed by atoms with van der Waals surface area (Å²) in [6, 6.07) is 11.1. The minimum Gasteiger partial charge on any atom is -0.351 e. The topological polar surface area (TPSA) is 37.8 Å². The molecular weight excluding hydrogens is 210 g/mol. The van der Waals surface area contributed by atoms with Crippen LogP contribution in [0.1, 0.15) is 23.5 Å². The fraction of sp³-hybridized carbons (Fsp3) is 0.286. The van der Waals surface area contributed by atoms with Crippen molar-refractivity contribution in [3.05, 3.63) is 53.9 Å². The minimum absolute atomic E-state index is 0.486. The molecule has 0 saturated heterocycles. The van der Waals surface area contributed by atoms with Crippen LogP contribution in [-0.2, 0) is 0 Å². The van der Waals surface area contributed by atoms with Crippen LogP contribution in [0.5, 0.6) is 0 Å². The largest absolute Gasteiger partial charge is 0.351 e. The Morgan fingerprint density at radius 3 is 2.53 bits per heavy atom. The van der Waals surface area contributed by atoms with Gasteiger partial charge in [-0.1, -0.05) is 30.3 Å². The molecular formula is C14H15N3. The third-order valence-electron chi connectivity index (χ3n) is 3.11. The Morgan fingerprint density at radius 1 is 1.12 bits per heavy atom. The molecule has 2 aromatic rings. The average molecular weight is 225 g/mol. The summed E-state index contributed by atoms with van der Waals surface area (Å²) in [5.41, 5.74) is 2.49. The number of hydrogen-bond donors (Lipinski definition) is 1. The molecule has 1 aliphatic rings. The van der Waals surface area contributed by atoms with E-state index in [0.717, 1.165) is 11.5 Å². The van der Waals surface area contributed by atoms with Crippen molar-refractivity contribution in [1.82, 2.24) is 9.97 Å². The van der Waals surface area contributed by atoms with Crippen molar-refractivity contribution in [2.45, 2.75) is 25.3 Å². The van der Waals surface area contributed by atoms with Gasteiger partial charge in [0.05, 0.1) is 0 Å². The maximum atomic E-state index is 4.26. The van der Waals surface area contributed by atoms with Crippen molar-refractivity contribution in [2.75, 3.05) is 5.32 Å². The van der Waals surface area contributed by atoms with Crippen molar-refractivity contribution in [2.24, 2.45) is 0 Å². The summed E-state index contributed by atoms with van der Waals surface area (Å²) < 4.78 is 0. The SMILES string of the molecule is Cc1cnc(NC2CC2c2ccccc2)nc1. The third kappa shape index (κ3) is 2.28. The smallest absolute Gasteiger partial charge is 0.222 e. The first kappa shape index (κ1) is 10.3. The Bertz CT molecular complexity index is 493. The van der Waals surface area contributed by atoms with Crippen LogP contribution in [0.4, 0.5) is 5.95 Å². The first-order chi connectivity index (χ1) is 8.33. The van der Waals surface area contributed by atoms with E-state index in [0.29, 0.717) is 12.0 Å². The molecule has 0 amide bonds. The molecule has 1 fully saturated rings. The summed E-state index contributed by atoms with van der Waals surface area (Å²) in [6.45, 7) is 1.99. The Labute approximate surface area is 101 Å². The van der Waals surface area contributed by atoms with E-state index in [1.165, 1.54) is 12.0 Å². The van der Waals surface area contributed by atoms with E-state index in [-0.39, 0.29) is 0 Å². The van der Waals surface area contributed by atoms with Crippen molar-refractivity contribution in [1.29, 1.82) is 0 Å². The first-order valence-corrected chi connectivity index (χ1v) is 5.93. The van der Waals surface area contributed by atoms with E-state index in [2.05, 4.69) is 45.6 Å². The molecule has 3 heteroatoms. The predicted octanol–water partition coefficient (Wildman–Crippen LogP) is 2.75. The van der Waals surface area contributed by atoms with Gasteiger partial charge in [0.25, 0.3) is 0 Å². The second-order valence-electron chi connectivity index (χ2n) is 4.59. The second kappa shape index (κ2) is 4.17. The maximum absolute atomic E-state index is 4.26. The molecule has 0 radical (unpaired) electrons. The van der Waals surface area contributed by atoms with Crippen LogP contribution in [0, 0.1) is 6.92 Å². The molecule has 1 aliphatic carbocycles.